The number of nitrogens with zero attached hydrogens (tertiary/aromatic N) is 1. The van der Waals surface area contributed by atoms with Crippen molar-refractivity contribution in [2.45, 2.75) is 45.1 Å². The molecule has 0 aromatic heterocycles. The number of rotatable bonds is 5. The highest BCUT2D eigenvalue weighted by Gasteiger charge is 2.11. The van der Waals surface area contributed by atoms with Crippen LogP contribution in [0.4, 0.5) is 5.69 Å². The highest BCUT2D eigenvalue weighted by molar-refractivity contribution is 5.43. The quantitative estimate of drug-likeness (QED) is 0.827. The molecule has 0 bridgehead atoms. The van der Waals surface area contributed by atoms with Crippen LogP contribution in [-0.2, 0) is 0 Å². The summed E-state index contributed by atoms with van der Waals surface area (Å²) in [7, 11) is 0. The van der Waals surface area contributed by atoms with Crippen LogP contribution in [0.5, 0.6) is 5.75 Å². The number of benzene rings is 1. The number of nitrogen functional groups attached to an aromatic ring is 1. The molecule has 0 aliphatic carbocycles. The Morgan fingerprint density at radius 2 is 1.95 bits per heavy atom. The molecule has 0 saturated carbocycles. The normalized spacial score (nSPS) is 18.8. The van der Waals surface area contributed by atoms with Crippen LogP contribution < -0.4 is 10.5 Å². The zero-order valence-electron chi connectivity index (χ0n) is 12.0. The zero-order chi connectivity index (χ0) is 13.5. The molecule has 1 atom stereocenters. The van der Waals surface area contributed by atoms with Crippen molar-refractivity contribution in [2.24, 2.45) is 0 Å². The summed E-state index contributed by atoms with van der Waals surface area (Å²) in [6.07, 6.45) is 6.81. The third-order valence-electron chi connectivity index (χ3n) is 3.75. The van der Waals surface area contributed by atoms with Crippen LogP contribution in [0.2, 0.25) is 0 Å². The van der Waals surface area contributed by atoms with Crippen LogP contribution in [0.3, 0.4) is 0 Å². The minimum absolute atomic E-state index is 0.241. The molecule has 1 aromatic carbocycles. The van der Waals surface area contributed by atoms with Gasteiger partial charge >= 0.3 is 0 Å². The predicted octanol–water partition coefficient (Wildman–Crippen LogP) is 3.30. The zero-order valence-corrected chi connectivity index (χ0v) is 12.0. The summed E-state index contributed by atoms with van der Waals surface area (Å²) in [4.78, 5) is 2.58. The van der Waals surface area contributed by atoms with Gasteiger partial charge in [0.05, 0.1) is 6.10 Å². The van der Waals surface area contributed by atoms with Gasteiger partial charge in [-0.2, -0.15) is 0 Å². The van der Waals surface area contributed by atoms with E-state index in [9.17, 15) is 0 Å². The molecule has 1 aromatic rings. The largest absolute Gasteiger partial charge is 0.491 e. The van der Waals surface area contributed by atoms with E-state index in [1.165, 1.54) is 38.8 Å². The lowest BCUT2D eigenvalue weighted by Gasteiger charge is -2.22. The monoisotopic (exact) mass is 262 g/mol. The molecule has 1 unspecified atom stereocenters. The number of ether oxygens (including phenoxy) is 1. The third kappa shape index (κ3) is 5.11. The lowest BCUT2D eigenvalue weighted by Crippen LogP contribution is -2.29. The van der Waals surface area contributed by atoms with E-state index in [-0.39, 0.29) is 6.10 Å². The molecule has 1 aliphatic rings. The van der Waals surface area contributed by atoms with Gasteiger partial charge in [-0.3, -0.25) is 0 Å². The van der Waals surface area contributed by atoms with E-state index >= 15 is 0 Å². The Hall–Kier alpha value is -1.22. The van der Waals surface area contributed by atoms with Crippen molar-refractivity contribution in [1.82, 2.24) is 4.90 Å². The summed E-state index contributed by atoms with van der Waals surface area (Å²) >= 11 is 0. The van der Waals surface area contributed by atoms with Gasteiger partial charge in [-0.25, -0.2) is 0 Å². The molecule has 3 nitrogen and oxygen atoms in total. The molecule has 1 saturated heterocycles. The fourth-order valence-corrected chi connectivity index (χ4v) is 2.60. The first-order chi connectivity index (χ1) is 9.24. The smallest absolute Gasteiger partial charge is 0.121 e. The molecule has 2 rings (SSSR count). The van der Waals surface area contributed by atoms with Crippen LogP contribution in [0.1, 0.15) is 39.0 Å². The Morgan fingerprint density at radius 3 is 2.63 bits per heavy atom. The maximum absolute atomic E-state index is 5.91. The van der Waals surface area contributed by atoms with Gasteiger partial charge in [-0.15, -0.1) is 0 Å². The molecule has 0 radical (unpaired) electrons. The molecule has 106 valence electrons. The van der Waals surface area contributed by atoms with E-state index in [0.717, 1.165) is 24.4 Å². The van der Waals surface area contributed by atoms with E-state index in [0.29, 0.717) is 0 Å². The van der Waals surface area contributed by atoms with Crippen LogP contribution in [-0.4, -0.2) is 30.6 Å². The number of anilines is 1. The molecular weight excluding hydrogens is 236 g/mol. The van der Waals surface area contributed by atoms with Crippen LogP contribution in [0, 0.1) is 0 Å². The topological polar surface area (TPSA) is 38.5 Å². The fraction of sp³-hybridized carbons (Fsp3) is 0.625. The summed E-state index contributed by atoms with van der Waals surface area (Å²) in [6, 6.07) is 7.68. The molecule has 1 heterocycles. The molecule has 1 aliphatic heterocycles. The van der Waals surface area contributed by atoms with Gasteiger partial charge in [-0.1, -0.05) is 18.9 Å². The van der Waals surface area contributed by atoms with Crippen molar-refractivity contribution < 1.29 is 4.74 Å². The van der Waals surface area contributed by atoms with E-state index in [2.05, 4.69) is 11.8 Å². The lowest BCUT2D eigenvalue weighted by atomic mass is 10.2. The average Bonchev–Trinajstić information content (AvgIpc) is 2.65. The lowest BCUT2D eigenvalue weighted by molar-refractivity contribution is 0.178. The van der Waals surface area contributed by atoms with E-state index in [1.807, 2.05) is 24.3 Å². The fourth-order valence-electron chi connectivity index (χ4n) is 2.60. The SMILES string of the molecule is CC(CCN1CCCCCC1)Oc1cccc(N)c1. The Morgan fingerprint density at radius 1 is 1.21 bits per heavy atom. The highest BCUT2D eigenvalue weighted by Crippen LogP contribution is 2.17. The van der Waals surface area contributed by atoms with Crippen molar-refractivity contribution >= 4 is 5.69 Å². The van der Waals surface area contributed by atoms with Crippen molar-refractivity contribution in [2.75, 3.05) is 25.4 Å². The predicted molar refractivity (Wildman–Crippen MR) is 80.5 cm³/mol. The van der Waals surface area contributed by atoms with E-state index in [1.54, 1.807) is 0 Å². The first-order valence-electron chi connectivity index (χ1n) is 7.48. The summed E-state index contributed by atoms with van der Waals surface area (Å²) in [5, 5.41) is 0. The van der Waals surface area contributed by atoms with Crippen LogP contribution in [0.15, 0.2) is 24.3 Å². The van der Waals surface area contributed by atoms with E-state index in [4.69, 9.17) is 10.5 Å². The maximum atomic E-state index is 5.91. The molecule has 19 heavy (non-hydrogen) atoms. The number of likely N-dealkylation sites (tertiary alicyclic amines) is 1. The summed E-state index contributed by atoms with van der Waals surface area (Å²) in [5.41, 5.74) is 6.52. The van der Waals surface area contributed by atoms with Gasteiger partial charge in [0.2, 0.25) is 0 Å². The number of nitrogens with two attached hydrogens (primary N) is 1. The van der Waals surface area contributed by atoms with Gasteiger partial charge in [0.1, 0.15) is 5.75 Å². The summed E-state index contributed by atoms with van der Waals surface area (Å²) < 4.78 is 5.91. The number of hydrogen-bond acceptors (Lipinski definition) is 3. The van der Waals surface area contributed by atoms with Gasteiger partial charge in [0.15, 0.2) is 0 Å². The highest BCUT2D eigenvalue weighted by atomic mass is 16.5. The van der Waals surface area contributed by atoms with Gasteiger partial charge in [0, 0.05) is 18.3 Å². The van der Waals surface area contributed by atoms with Crippen LogP contribution in [0.25, 0.3) is 0 Å². The first-order valence-corrected chi connectivity index (χ1v) is 7.48. The van der Waals surface area contributed by atoms with E-state index < -0.39 is 0 Å². The standard InChI is InChI=1S/C16H26N2O/c1-14(19-16-8-6-7-15(17)13-16)9-12-18-10-4-2-3-5-11-18/h6-8,13-14H,2-5,9-12,17H2,1H3. The minimum atomic E-state index is 0.241. The van der Waals surface area contributed by atoms with Gasteiger partial charge in [0.25, 0.3) is 0 Å². The Kier molecular flexibility index (Phi) is 5.52. The second-order valence-electron chi connectivity index (χ2n) is 5.55. The van der Waals surface area contributed by atoms with Gasteiger partial charge in [-0.05, 0) is 51.4 Å². The Balaban J connectivity index is 1.73. The van der Waals surface area contributed by atoms with Crippen molar-refractivity contribution in [3.05, 3.63) is 24.3 Å². The van der Waals surface area contributed by atoms with Crippen LogP contribution >= 0.6 is 0 Å². The first kappa shape index (κ1) is 14.2. The Bertz CT molecular complexity index is 373. The molecule has 2 N–H and O–H groups in total. The molecule has 0 spiro atoms. The number of hydrogen-bond donors (Lipinski definition) is 1. The molecule has 0 amide bonds. The van der Waals surface area contributed by atoms with Crippen molar-refractivity contribution in [1.29, 1.82) is 0 Å². The Labute approximate surface area is 116 Å². The van der Waals surface area contributed by atoms with Crippen molar-refractivity contribution in [3.8, 4) is 5.75 Å². The summed E-state index contributed by atoms with van der Waals surface area (Å²) in [6.45, 7) is 5.79. The average molecular weight is 262 g/mol. The van der Waals surface area contributed by atoms with Gasteiger partial charge < -0.3 is 15.4 Å². The second kappa shape index (κ2) is 7.39. The van der Waals surface area contributed by atoms with Crippen molar-refractivity contribution in [3.63, 3.8) is 0 Å². The molecule has 1 fully saturated rings. The third-order valence-corrected chi connectivity index (χ3v) is 3.75. The summed E-state index contributed by atoms with van der Waals surface area (Å²) in [5.74, 6) is 0.878. The molecular formula is C16H26N2O. The molecule has 3 heteroatoms. The maximum Gasteiger partial charge on any atom is 0.121 e. The second-order valence-corrected chi connectivity index (χ2v) is 5.55. The minimum Gasteiger partial charge on any atom is -0.491 e.